The van der Waals surface area contributed by atoms with Crippen LogP contribution in [0.25, 0.3) is 6.08 Å². The minimum absolute atomic E-state index is 0.303. The van der Waals surface area contributed by atoms with Gasteiger partial charge in [-0.05, 0) is 59.7 Å². The van der Waals surface area contributed by atoms with Crippen molar-refractivity contribution in [1.82, 2.24) is 0 Å². The highest BCUT2D eigenvalue weighted by molar-refractivity contribution is 5.60. The number of phenolic OH excluding ortho intramolecular Hbond substituents is 2. The Morgan fingerprint density at radius 2 is 1.68 bits per heavy atom. The predicted molar refractivity (Wildman–Crippen MR) is 76.3 cm³/mol. The molecule has 2 aromatic rings. The van der Waals surface area contributed by atoms with Gasteiger partial charge in [-0.2, -0.15) is 0 Å². The van der Waals surface area contributed by atoms with Crippen molar-refractivity contribution in [2.75, 3.05) is 0 Å². The quantitative estimate of drug-likeness (QED) is 0.852. The van der Waals surface area contributed by atoms with Crippen LogP contribution in [0, 0.1) is 0 Å². The molecule has 0 saturated heterocycles. The van der Waals surface area contributed by atoms with Crippen molar-refractivity contribution in [3.63, 3.8) is 0 Å². The summed E-state index contributed by atoms with van der Waals surface area (Å²) in [4.78, 5) is 0. The minimum Gasteiger partial charge on any atom is -0.508 e. The monoisotopic (exact) mass is 252 g/mol. The summed E-state index contributed by atoms with van der Waals surface area (Å²) in [6, 6.07) is 13.0. The second-order valence-corrected chi connectivity index (χ2v) is 5.02. The van der Waals surface area contributed by atoms with Gasteiger partial charge in [0, 0.05) is 0 Å². The Bertz CT molecular complexity index is 612. The van der Waals surface area contributed by atoms with E-state index in [4.69, 9.17) is 0 Å². The molecule has 0 radical (unpaired) electrons. The van der Waals surface area contributed by atoms with E-state index in [1.165, 1.54) is 11.1 Å². The van der Waals surface area contributed by atoms with Crippen LogP contribution in [-0.4, -0.2) is 10.2 Å². The third-order valence-corrected chi connectivity index (χ3v) is 3.65. The molecule has 19 heavy (non-hydrogen) atoms. The molecule has 0 saturated carbocycles. The fourth-order valence-corrected chi connectivity index (χ4v) is 2.67. The van der Waals surface area contributed by atoms with Crippen LogP contribution >= 0.6 is 0 Å². The van der Waals surface area contributed by atoms with E-state index in [0.29, 0.717) is 17.4 Å². The molecule has 0 heterocycles. The van der Waals surface area contributed by atoms with E-state index in [1.807, 2.05) is 24.3 Å². The van der Waals surface area contributed by atoms with Crippen molar-refractivity contribution in [2.24, 2.45) is 0 Å². The number of phenols is 2. The topological polar surface area (TPSA) is 40.5 Å². The molecular weight excluding hydrogens is 236 g/mol. The Labute approximate surface area is 112 Å². The van der Waals surface area contributed by atoms with Crippen LogP contribution < -0.4 is 0 Å². The lowest BCUT2D eigenvalue weighted by Gasteiger charge is -2.22. The molecule has 0 spiro atoms. The van der Waals surface area contributed by atoms with Gasteiger partial charge in [0.1, 0.15) is 11.5 Å². The third-order valence-electron chi connectivity index (χ3n) is 3.65. The molecule has 2 aromatic carbocycles. The Morgan fingerprint density at radius 3 is 2.47 bits per heavy atom. The van der Waals surface area contributed by atoms with Gasteiger partial charge in [-0.1, -0.05) is 30.4 Å². The number of benzene rings is 2. The zero-order valence-corrected chi connectivity index (χ0v) is 10.6. The van der Waals surface area contributed by atoms with Gasteiger partial charge in [0.15, 0.2) is 0 Å². The van der Waals surface area contributed by atoms with Crippen molar-refractivity contribution in [3.05, 3.63) is 65.2 Å². The van der Waals surface area contributed by atoms with E-state index in [9.17, 15) is 10.2 Å². The first kappa shape index (κ1) is 11.8. The second kappa shape index (κ2) is 4.81. The standard InChI is InChI=1S/C17H16O2/c18-15-6-4-12(5-7-15)10-13-2-1-3-14-11-16(19)8-9-17(13)14/h1,3-9,11,13,18-19H,2,10H2. The van der Waals surface area contributed by atoms with E-state index in [1.54, 1.807) is 18.2 Å². The van der Waals surface area contributed by atoms with Gasteiger partial charge in [0.25, 0.3) is 0 Å². The maximum absolute atomic E-state index is 9.53. The van der Waals surface area contributed by atoms with Crippen LogP contribution in [0.15, 0.2) is 48.5 Å². The number of hydrogen-bond acceptors (Lipinski definition) is 2. The predicted octanol–water partition coefficient (Wildman–Crippen LogP) is 3.84. The van der Waals surface area contributed by atoms with Crippen molar-refractivity contribution in [1.29, 1.82) is 0 Å². The lowest BCUT2D eigenvalue weighted by atomic mass is 9.83. The molecule has 0 aliphatic heterocycles. The first-order valence-electron chi connectivity index (χ1n) is 6.50. The number of fused-ring (bicyclic) bond motifs is 1. The number of allylic oxidation sites excluding steroid dienone is 1. The number of aromatic hydroxyl groups is 2. The zero-order chi connectivity index (χ0) is 13.2. The van der Waals surface area contributed by atoms with Crippen LogP contribution in [0.5, 0.6) is 11.5 Å². The molecule has 1 atom stereocenters. The van der Waals surface area contributed by atoms with Gasteiger partial charge in [0.05, 0.1) is 0 Å². The SMILES string of the molecule is Oc1ccc(CC2CC=Cc3cc(O)ccc32)cc1. The van der Waals surface area contributed by atoms with E-state index in [-0.39, 0.29) is 0 Å². The Balaban J connectivity index is 1.87. The fraction of sp³-hybridized carbons (Fsp3) is 0.176. The van der Waals surface area contributed by atoms with E-state index in [2.05, 4.69) is 12.2 Å². The van der Waals surface area contributed by atoms with Gasteiger partial charge >= 0.3 is 0 Å². The molecule has 2 N–H and O–H groups in total. The van der Waals surface area contributed by atoms with E-state index >= 15 is 0 Å². The highest BCUT2D eigenvalue weighted by atomic mass is 16.3. The van der Waals surface area contributed by atoms with Gasteiger partial charge in [-0.15, -0.1) is 0 Å². The van der Waals surface area contributed by atoms with Crippen LogP contribution in [0.3, 0.4) is 0 Å². The summed E-state index contributed by atoms with van der Waals surface area (Å²) in [5, 5.41) is 18.8. The molecule has 2 nitrogen and oxygen atoms in total. The first-order chi connectivity index (χ1) is 9.22. The summed E-state index contributed by atoms with van der Waals surface area (Å²) in [5.41, 5.74) is 3.61. The Kier molecular flexibility index (Phi) is 3.00. The number of rotatable bonds is 2. The molecule has 1 unspecified atom stereocenters. The summed E-state index contributed by atoms with van der Waals surface area (Å²) < 4.78 is 0. The van der Waals surface area contributed by atoms with Crippen LogP contribution in [0.4, 0.5) is 0 Å². The van der Waals surface area contributed by atoms with Crippen molar-refractivity contribution >= 4 is 6.08 Å². The fourth-order valence-electron chi connectivity index (χ4n) is 2.67. The molecule has 0 amide bonds. The maximum atomic E-state index is 9.53. The molecule has 0 fully saturated rings. The van der Waals surface area contributed by atoms with Gasteiger partial charge in [-0.25, -0.2) is 0 Å². The Hall–Kier alpha value is -2.22. The van der Waals surface area contributed by atoms with Crippen molar-refractivity contribution < 1.29 is 10.2 Å². The lowest BCUT2D eigenvalue weighted by Crippen LogP contribution is -2.07. The third kappa shape index (κ3) is 2.48. The van der Waals surface area contributed by atoms with Crippen LogP contribution in [-0.2, 0) is 6.42 Å². The highest BCUT2D eigenvalue weighted by Gasteiger charge is 2.17. The first-order valence-corrected chi connectivity index (χ1v) is 6.50. The molecule has 1 aliphatic carbocycles. The molecule has 3 rings (SSSR count). The molecule has 96 valence electrons. The van der Waals surface area contributed by atoms with Crippen molar-refractivity contribution in [2.45, 2.75) is 18.8 Å². The summed E-state index contributed by atoms with van der Waals surface area (Å²) in [7, 11) is 0. The highest BCUT2D eigenvalue weighted by Crippen LogP contribution is 2.34. The number of hydrogen-bond donors (Lipinski definition) is 2. The molecular formula is C17H16O2. The van der Waals surface area contributed by atoms with E-state index < -0.39 is 0 Å². The van der Waals surface area contributed by atoms with Crippen LogP contribution in [0.1, 0.15) is 29.0 Å². The lowest BCUT2D eigenvalue weighted by molar-refractivity contribution is 0.473. The van der Waals surface area contributed by atoms with E-state index in [0.717, 1.165) is 18.4 Å². The summed E-state index contributed by atoms with van der Waals surface area (Å²) >= 11 is 0. The average molecular weight is 252 g/mol. The summed E-state index contributed by atoms with van der Waals surface area (Å²) in [6.45, 7) is 0. The van der Waals surface area contributed by atoms with Gasteiger partial charge < -0.3 is 10.2 Å². The molecule has 2 heteroatoms. The Morgan fingerprint density at radius 1 is 0.947 bits per heavy atom. The van der Waals surface area contributed by atoms with Crippen LogP contribution in [0.2, 0.25) is 0 Å². The largest absolute Gasteiger partial charge is 0.508 e. The smallest absolute Gasteiger partial charge is 0.116 e. The normalized spacial score (nSPS) is 17.2. The average Bonchev–Trinajstić information content (AvgIpc) is 2.41. The summed E-state index contributed by atoms with van der Waals surface area (Å²) in [5.74, 6) is 1.05. The minimum atomic E-state index is 0.303. The van der Waals surface area contributed by atoms with Gasteiger partial charge in [0.2, 0.25) is 0 Å². The summed E-state index contributed by atoms with van der Waals surface area (Å²) in [6.07, 6.45) is 6.19. The zero-order valence-electron chi connectivity index (χ0n) is 10.6. The van der Waals surface area contributed by atoms with Gasteiger partial charge in [-0.3, -0.25) is 0 Å². The molecule has 0 bridgehead atoms. The van der Waals surface area contributed by atoms with Crippen molar-refractivity contribution in [3.8, 4) is 11.5 Å². The molecule has 1 aliphatic rings. The second-order valence-electron chi connectivity index (χ2n) is 5.02. The maximum Gasteiger partial charge on any atom is 0.116 e. The molecule has 0 aromatic heterocycles.